The summed E-state index contributed by atoms with van der Waals surface area (Å²) in [6.07, 6.45) is 4.81. The average Bonchev–Trinajstić information content (AvgIpc) is 3.60. The number of aromatic nitrogens is 4. The van der Waals surface area contributed by atoms with Crippen molar-refractivity contribution >= 4 is 51.7 Å². The van der Waals surface area contributed by atoms with Crippen molar-refractivity contribution in [3.63, 3.8) is 0 Å². The number of nitrogens with one attached hydrogen (secondary N) is 2. The molecule has 0 unspecified atom stereocenters. The third-order valence-corrected chi connectivity index (χ3v) is 7.72. The van der Waals surface area contributed by atoms with Gasteiger partial charge in [0.25, 0.3) is 0 Å². The summed E-state index contributed by atoms with van der Waals surface area (Å²) in [5.41, 5.74) is 0.813. The van der Waals surface area contributed by atoms with Gasteiger partial charge in [0.05, 0.1) is 0 Å². The fraction of sp³-hybridized carbons (Fsp3) is 0.435. The van der Waals surface area contributed by atoms with Gasteiger partial charge in [-0.2, -0.15) is 15.0 Å². The third kappa shape index (κ3) is 5.83. The Labute approximate surface area is 207 Å². The number of nitrogens with zero attached hydrogens (tertiary/aromatic N) is 6. The molecule has 1 saturated carbocycles. The van der Waals surface area contributed by atoms with E-state index in [0.29, 0.717) is 17.1 Å². The van der Waals surface area contributed by atoms with E-state index in [0.717, 1.165) is 61.2 Å². The van der Waals surface area contributed by atoms with Crippen LogP contribution in [0.1, 0.15) is 24.6 Å². The number of hydrogen-bond donors (Lipinski definition) is 2. The van der Waals surface area contributed by atoms with Gasteiger partial charge in [-0.25, -0.2) is 4.98 Å². The van der Waals surface area contributed by atoms with Crippen molar-refractivity contribution in [2.45, 2.75) is 36.2 Å². The summed E-state index contributed by atoms with van der Waals surface area (Å²) in [6, 6.07) is 7.81. The summed E-state index contributed by atoms with van der Waals surface area (Å²) >= 11 is 3.09. The molecule has 2 fully saturated rings. The molecule has 178 valence electrons. The van der Waals surface area contributed by atoms with Crippen LogP contribution in [0.15, 0.2) is 40.5 Å². The predicted octanol–water partition coefficient (Wildman–Crippen LogP) is 3.89. The number of carbonyl (C=O) groups excluding carboxylic acids is 1. The Balaban J connectivity index is 1.35. The summed E-state index contributed by atoms with van der Waals surface area (Å²) < 4.78 is 0. The number of rotatable bonds is 8. The maximum Gasteiger partial charge on any atom is 0.234 e. The molecule has 3 aromatic rings. The second-order valence-corrected chi connectivity index (χ2v) is 10.7. The Bertz CT molecular complexity index is 1140. The van der Waals surface area contributed by atoms with Crippen molar-refractivity contribution in [1.29, 1.82) is 0 Å². The molecular formula is C23H28N8OS2. The number of anilines is 4. The van der Waals surface area contributed by atoms with Crippen LogP contribution in [0.25, 0.3) is 0 Å². The molecule has 9 nitrogen and oxygen atoms in total. The normalized spacial score (nSPS) is 16.5. The molecule has 2 N–H and O–H groups in total. The minimum atomic E-state index is 0.110. The SMILES string of the molecule is CCc1cnc(Nc2nc(Sc3ccc(NC(=O)C4CC4)cc3)nc(N3CCN(C)CC3)n2)s1. The zero-order valence-corrected chi connectivity index (χ0v) is 21.0. The van der Waals surface area contributed by atoms with Crippen LogP contribution < -0.4 is 15.5 Å². The van der Waals surface area contributed by atoms with Gasteiger partial charge < -0.3 is 15.1 Å². The van der Waals surface area contributed by atoms with Crippen molar-refractivity contribution in [2.24, 2.45) is 5.92 Å². The molecule has 34 heavy (non-hydrogen) atoms. The fourth-order valence-electron chi connectivity index (χ4n) is 3.52. The molecule has 1 aromatic carbocycles. The molecule has 1 saturated heterocycles. The molecule has 0 radical (unpaired) electrons. The number of carbonyl (C=O) groups is 1. The Hall–Kier alpha value is -2.76. The van der Waals surface area contributed by atoms with Gasteiger partial charge in [-0.15, -0.1) is 11.3 Å². The minimum absolute atomic E-state index is 0.110. The lowest BCUT2D eigenvalue weighted by molar-refractivity contribution is -0.117. The lowest BCUT2D eigenvalue weighted by Crippen LogP contribution is -2.45. The molecule has 2 aliphatic rings. The van der Waals surface area contributed by atoms with Crippen LogP contribution in [0.3, 0.4) is 0 Å². The first-order valence-corrected chi connectivity index (χ1v) is 13.2. The number of likely N-dealkylation sites (N-methyl/N-ethyl adjacent to an activating group) is 1. The van der Waals surface area contributed by atoms with Crippen LogP contribution in [-0.4, -0.2) is 64.0 Å². The maximum atomic E-state index is 12.0. The monoisotopic (exact) mass is 496 g/mol. The van der Waals surface area contributed by atoms with Crippen LogP contribution in [0.4, 0.5) is 22.7 Å². The number of aryl methyl sites for hydroxylation is 1. The maximum absolute atomic E-state index is 12.0. The summed E-state index contributed by atoms with van der Waals surface area (Å²) in [7, 11) is 2.13. The van der Waals surface area contributed by atoms with E-state index in [-0.39, 0.29) is 11.8 Å². The van der Waals surface area contributed by atoms with Gasteiger partial charge >= 0.3 is 0 Å². The van der Waals surface area contributed by atoms with Gasteiger partial charge in [0.1, 0.15) is 0 Å². The number of hydrogen-bond acceptors (Lipinski definition) is 10. The molecule has 2 aromatic heterocycles. The standard InChI is InChI=1S/C23H28N8OS2/c1-3-17-14-24-22(33-17)27-20-26-21(31-12-10-30(2)11-13-31)29-23(28-20)34-18-8-6-16(7-9-18)25-19(32)15-4-5-15/h6-9,14-15H,3-5,10-13H2,1-2H3,(H,25,32)(H,24,26,27,28,29). The quantitative estimate of drug-likeness (QED) is 0.481. The zero-order valence-electron chi connectivity index (χ0n) is 19.3. The Morgan fingerprint density at radius 1 is 1.12 bits per heavy atom. The van der Waals surface area contributed by atoms with Crippen molar-refractivity contribution in [3.8, 4) is 0 Å². The summed E-state index contributed by atoms with van der Waals surface area (Å²) in [5, 5.41) is 7.64. The third-order valence-electron chi connectivity index (χ3n) is 5.79. The van der Waals surface area contributed by atoms with Gasteiger partial charge in [0.2, 0.25) is 17.8 Å². The predicted molar refractivity (Wildman–Crippen MR) is 136 cm³/mol. The number of thiazole rings is 1. The molecular weight excluding hydrogens is 468 g/mol. The van der Waals surface area contributed by atoms with Gasteiger partial charge in [0, 0.05) is 53.8 Å². The Morgan fingerprint density at radius 2 is 1.88 bits per heavy atom. The van der Waals surface area contributed by atoms with E-state index in [9.17, 15) is 4.79 Å². The molecule has 11 heteroatoms. The van der Waals surface area contributed by atoms with Crippen molar-refractivity contribution < 1.29 is 4.79 Å². The molecule has 0 atom stereocenters. The van der Waals surface area contributed by atoms with E-state index in [2.05, 4.69) is 44.4 Å². The highest BCUT2D eigenvalue weighted by Crippen LogP contribution is 2.32. The van der Waals surface area contributed by atoms with Crippen molar-refractivity contribution in [3.05, 3.63) is 35.3 Å². The molecule has 1 amide bonds. The van der Waals surface area contributed by atoms with Crippen LogP contribution in [0, 0.1) is 5.92 Å². The first-order chi connectivity index (χ1) is 16.6. The topological polar surface area (TPSA) is 99.2 Å². The first kappa shape index (κ1) is 23.0. The highest BCUT2D eigenvalue weighted by Gasteiger charge is 2.29. The van der Waals surface area contributed by atoms with E-state index in [1.54, 1.807) is 11.3 Å². The lowest BCUT2D eigenvalue weighted by atomic mass is 10.3. The number of benzene rings is 1. The smallest absolute Gasteiger partial charge is 0.234 e. The van der Waals surface area contributed by atoms with E-state index in [4.69, 9.17) is 9.97 Å². The molecule has 0 spiro atoms. The average molecular weight is 497 g/mol. The Morgan fingerprint density at radius 3 is 2.56 bits per heavy atom. The van der Waals surface area contributed by atoms with Crippen molar-refractivity contribution in [1.82, 2.24) is 24.8 Å². The summed E-state index contributed by atoms with van der Waals surface area (Å²) in [5.74, 6) is 1.47. The zero-order chi connectivity index (χ0) is 23.5. The van der Waals surface area contributed by atoms with Crippen LogP contribution in [0.2, 0.25) is 0 Å². The molecule has 1 aliphatic heterocycles. The Kier molecular flexibility index (Phi) is 6.93. The van der Waals surface area contributed by atoms with E-state index >= 15 is 0 Å². The largest absolute Gasteiger partial charge is 0.338 e. The summed E-state index contributed by atoms with van der Waals surface area (Å²) in [4.78, 5) is 37.3. The van der Waals surface area contributed by atoms with Gasteiger partial charge in [0.15, 0.2) is 10.3 Å². The van der Waals surface area contributed by atoms with Gasteiger partial charge in [-0.1, -0.05) is 6.92 Å². The van der Waals surface area contributed by atoms with Crippen LogP contribution in [-0.2, 0) is 11.2 Å². The molecule has 1 aliphatic carbocycles. The molecule has 5 rings (SSSR count). The second kappa shape index (κ2) is 10.2. The van der Waals surface area contributed by atoms with Gasteiger partial charge in [-0.3, -0.25) is 10.1 Å². The number of amides is 1. The molecule has 0 bridgehead atoms. The highest BCUT2D eigenvalue weighted by atomic mass is 32.2. The lowest BCUT2D eigenvalue weighted by Gasteiger charge is -2.32. The second-order valence-electron chi connectivity index (χ2n) is 8.53. The minimum Gasteiger partial charge on any atom is -0.338 e. The van der Waals surface area contributed by atoms with E-state index in [1.807, 2.05) is 30.5 Å². The summed E-state index contributed by atoms with van der Waals surface area (Å²) in [6.45, 7) is 5.80. The van der Waals surface area contributed by atoms with Crippen molar-refractivity contribution in [2.75, 3.05) is 48.8 Å². The van der Waals surface area contributed by atoms with E-state index < -0.39 is 0 Å². The van der Waals surface area contributed by atoms with Crippen LogP contribution >= 0.6 is 23.1 Å². The molecule has 3 heterocycles. The fourth-order valence-corrected chi connectivity index (χ4v) is 5.01. The van der Waals surface area contributed by atoms with E-state index in [1.165, 1.54) is 16.6 Å². The number of piperazine rings is 1. The van der Waals surface area contributed by atoms with Crippen LogP contribution in [0.5, 0.6) is 0 Å². The first-order valence-electron chi connectivity index (χ1n) is 11.6. The highest BCUT2D eigenvalue weighted by molar-refractivity contribution is 7.99. The van der Waals surface area contributed by atoms with Gasteiger partial charge in [-0.05, 0) is 62.3 Å².